The van der Waals surface area contributed by atoms with E-state index in [1.807, 2.05) is 13.0 Å². The van der Waals surface area contributed by atoms with Gasteiger partial charge in [-0.05, 0) is 66.1 Å². The normalized spacial score (nSPS) is 14.1. The van der Waals surface area contributed by atoms with Crippen LogP contribution in [0.25, 0.3) is 6.08 Å². The number of benzene rings is 3. The third-order valence-corrected chi connectivity index (χ3v) is 5.37. The summed E-state index contributed by atoms with van der Waals surface area (Å²) in [6, 6.07) is 17.5. The summed E-state index contributed by atoms with van der Waals surface area (Å²) in [5.41, 5.74) is 2.95. The number of ether oxygens (including phenoxy) is 2. The second kappa shape index (κ2) is 10.7. The molecular formula is C27H24FN3O5. The summed E-state index contributed by atoms with van der Waals surface area (Å²) in [4.78, 5) is 38.4. The Balaban J connectivity index is 1.42. The van der Waals surface area contributed by atoms with Gasteiger partial charge in [-0.3, -0.25) is 9.59 Å². The van der Waals surface area contributed by atoms with Crippen LogP contribution in [-0.2, 0) is 16.2 Å². The minimum atomic E-state index is -0.683. The lowest BCUT2D eigenvalue weighted by atomic mass is 10.1. The van der Waals surface area contributed by atoms with Crippen LogP contribution in [0.4, 0.5) is 14.9 Å². The van der Waals surface area contributed by atoms with Crippen LogP contribution in [0.3, 0.4) is 0 Å². The van der Waals surface area contributed by atoms with Gasteiger partial charge in [0, 0.05) is 5.69 Å². The average molecular weight is 490 g/mol. The van der Waals surface area contributed by atoms with E-state index in [0.29, 0.717) is 22.7 Å². The molecule has 0 spiro atoms. The van der Waals surface area contributed by atoms with E-state index in [4.69, 9.17) is 9.47 Å². The molecule has 2 N–H and O–H groups in total. The van der Waals surface area contributed by atoms with Crippen LogP contribution in [0, 0.1) is 12.7 Å². The number of rotatable bonds is 8. The van der Waals surface area contributed by atoms with Crippen LogP contribution < -0.4 is 20.1 Å². The summed E-state index contributed by atoms with van der Waals surface area (Å²) in [5, 5.41) is 5.18. The Morgan fingerprint density at radius 1 is 1.06 bits per heavy atom. The van der Waals surface area contributed by atoms with Gasteiger partial charge >= 0.3 is 6.03 Å². The van der Waals surface area contributed by atoms with Crippen molar-refractivity contribution < 1.29 is 28.2 Å². The molecule has 184 valence electrons. The Morgan fingerprint density at radius 2 is 1.83 bits per heavy atom. The Hall–Kier alpha value is -4.66. The largest absolute Gasteiger partial charge is 0.493 e. The van der Waals surface area contributed by atoms with Crippen LogP contribution in [0.2, 0.25) is 0 Å². The predicted molar refractivity (Wildman–Crippen MR) is 132 cm³/mol. The SMILES string of the molecule is COc1cc(/C=C2/NC(=O)N(CC(=O)Nc3cccc(C)c3)C2=O)ccc1OCc1ccc(F)cc1. The minimum absolute atomic E-state index is 0.0328. The maximum Gasteiger partial charge on any atom is 0.329 e. The smallest absolute Gasteiger partial charge is 0.329 e. The van der Waals surface area contributed by atoms with Crippen molar-refractivity contribution >= 4 is 29.6 Å². The number of carbonyl (C=O) groups excluding carboxylic acids is 3. The van der Waals surface area contributed by atoms with E-state index in [0.717, 1.165) is 16.0 Å². The lowest BCUT2D eigenvalue weighted by Gasteiger charge is -2.12. The van der Waals surface area contributed by atoms with Crippen LogP contribution in [0.15, 0.2) is 72.4 Å². The molecule has 0 radical (unpaired) electrons. The fourth-order valence-electron chi connectivity index (χ4n) is 3.58. The Labute approximate surface area is 207 Å². The maximum atomic E-state index is 13.1. The number of methoxy groups -OCH3 is 1. The fraction of sp³-hybridized carbons (Fsp3) is 0.148. The number of amides is 4. The molecule has 0 saturated carbocycles. The number of carbonyl (C=O) groups is 3. The molecule has 1 aliphatic rings. The van der Waals surface area contributed by atoms with Gasteiger partial charge in [0.1, 0.15) is 24.7 Å². The number of nitrogens with zero attached hydrogens (tertiary/aromatic N) is 1. The van der Waals surface area contributed by atoms with E-state index in [9.17, 15) is 18.8 Å². The summed E-state index contributed by atoms with van der Waals surface area (Å²) in [6.45, 7) is 1.68. The summed E-state index contributed by atoms with van der Waals surface area (Å²) >= 11 is 0. The second-order valence-corrected chi connectivity index (χ2v) is 8.12. The highest BCUT2D eigenvalue weighted by molar-refractivity contribution is 6.16. The van der Waals surface area contributed by atoms with Crippen molar-refractivity contribution in [2.45, 2.75) is 13.5 Å². The number of nitrogens with one attached hydrogen (secondary N) is 2. The van der Waals surface area contributed by atoms with Crippen LogP contribution in [0.1, 0.15) is 16.7 Å². The van der Waals surface area contributed by atoms with E-state index >= 15 is 0 Å². The van der Waals surface area contributed by atoms with Gasteiger partial charge in [-0.2, -0.15) is 0 Å². The van der Waals surface area contributed by atoms with E-state index in [-0.39, 0.29) is 18.1 Å². The predicted octanol–water partition coefficient (Wildman–Crippen LogP) is 4.25. The first-order chi connectivity index (χ1) is 17.3. The van der Waals surface area contributed by atoms with Crippen molar-refractivity contribution in [3.05, 3.63) is 94.9 Å². The summed E-state index contributed by atoms with van der Waals surface area (Å²) in [6.07, 6.45) is 1.49. The molecule has 1 saturated heterocycles. The number of imide groups is 1. The van der Waals surface area contributed by atoms with Gasteiger partial charge in [0.25, 0.3) is 5.91 Å². The van der Waals surface area contributed by atoms with Crippen molar-refractivity contribution in [3.8, 4) is 11.5 Å². The first-order valence-electron chi connectivity index (χ1n) is 11.1. The maximum absolute atomic E-state index is 13.1. The topological polar surface area (TPSA) is 97.0 Å². The molecule has 36 heavy (non-hydrogen) atoms. The molecule has 0 bridgehead atoms. The molecular weight excluding hydrogens is 465 g/mol. The lowest BCUT2D eigenvalue weighted by molar-refractivity contribution is -0.127. The zero-order valence-electron chi connectivity index (χ0n) is 19.7. The molecule has 4 amide bonds. The number of aryl methyl sites for hydroxylation is 1. The molecule has 8 nitrogen and oxygen atoms in total. The summed E-state index contributed by atoms with van der Waals surface area (Å²) in [5.74, 6) is -0.560. The van der Waals surface area contributed by atoms with E-state index < -0.39 is 24.4 Å². The van der Waals surface area contributed by atoms with Crippen molar-refractivity contribution in [1.29, 1.82) is 0 Å². The molecule has 4 rings (SSSR count). The Morgan fingerprint density at radius 3 is 2.56 bits per heavy atom. The van der Waals surface area contributed by atoms with Gasteiger partial charge in [0.15, 0.2) is 11.5 Å². The highest BCUT2D eigenvalue weighted by Gasteiger charge is 2.35. The van der Waals surface area contributed by atoms with Crippen LogP contribution in [0.5, 0.6) is 11.5 Å². The van der Waals surface area contributed by atoms with Gasteiger partial charge in [-0.25, -0.2) is 14.1 Å². The molecule has 0 unspecified atom stereocenters. The number of hydrogen-bond acceptors (Lipinski definition) is 5. The zero-order valence-corrected chi connectivity index (χ0v) is 19.7. The molecule has 0 aliphatic carbocycles. The summed E-state index contributed by atoms with van der Waals surface area (Å²) in [7, 11) is 1.48. The van der Waals surface area contributed by atoms with Crippen molar-refractivity contribution in [3.63, 3.8) is 0 Å². The molecule has 3 aromatic rings. The monoisotopic (exact) mass is 489 g/mol. The molecule has 1 fully saturated rings. The van der Waals surface area contributed by atoms with Gasteiger partial charge < -0.3 is 20.1 Å². The van der Waals surface area contributed by atoms with Crippen molar-refractivity contribution in [2.75, 3.05) is 19.0 Å². The van der Waals surface area contributed by atoms with Crippen LogP contribution in [-0.4, -0.2) is 36.4 Å². The third kappa shape index (κ3) is 5.87. The highest BCUT2D eigenvalue weighted by Crippen LogP contribution is 2.30. The zero-order chi connectivity index (χ0) is 25.7. The molecule has 1 aliphatic heterocycles. The first-order valence-corrected chi connectivity index (χ1v) is 11.1. The molecule has 9 heteroatoms. The van der Waals surface area contributed by atoms with E-state index in [1.54, 1.807) is 48.5 Å². The number of urea groups is 1. The van der Waals surface area contributed by atoms with Crippen molar-refractivity contribution in [2.24, 2.45) is 0 Å². The summed E-state index contributed by atoms with van der Waals surface area (Å²) < 4.78 is 24.3. The molecule has 0 aromatic heterocycles. The highest BCUT2D eigenvalue weighted by atomic mass is 19.1. The number of hydrogen-bond donors (Lipinski definition) is 2. The Bertz CT molecular complexity index is 1340. The number of halogens is 1. The van der Waals surface area contributed by atoms with Crippen molar-refractivity contribution in [1.82, 2.24) is 10.2 Å². The lowest BCUT2D eigenvalue weighted by Crippen LogP contribution is -2.38. The Kier molecular flexibility index (Phi) is 7.29. The number of anilines is 1. The van der Waals surface area contributed by atoms with Gasteiger partial charge in [0.2, 0.25) is 5.91 Å². The fourth-order valence-corrected chi connectivity index (χ4v) is 3.58. The quantitative estimate of drug-likeness (QED) is 0.364. The third-order valence-electron chi connectivity index (χ3n) is 5.37. The molecule has 0 atom stereocenters. The standard InChI is InChI=1S/C27H24FN3O5/c1-17-4-3-5-21(12-17)29-25(32)15-31-26(33)22(30-27(31)34)13-19-8-11-23(24(14-19)35-2)36-16-18-6-9-20(28)10-7-18/h3-14H,15-16H2,1-2H3,(H,29,32)(H,30,34)/b22-13+. The molecule has 1 heterocycles. The first kappa shape index (κ1) is 24.5. The van der Waals surface area contributed by atoms with Gasteiger partial charge in [0.05, 0.1) is 7.11 Å². The minimum Gasteiger partial charge on any atom is -0.493 e. The second-order valence-electron chi connectivity index (χ2n) is 8.12. The van der Waals surface area contributed by atoms with Gasteiger partial charge in [-0.1, -0.05) is 30.3 Å². The van der Waals surface area contributed by atoms with Gasteiger partial charge in [-0.15, -0.1) is 0 Å². The average Bonchev–Trinajstić information content (AvgIpc) is 3.11. The van der Waals surface area contributed by atoms with E-state index in [2.05, 4.69) is 10.6 Å². The van der Waals surface area contributed by atoms with Crippen LogP contribution >= 0.6 is 0 Å². The molecule has 3 aromatic carbocycles. The van der Waals surface area contributed by atoms with E-state index in [1.165, 1.54) is 25.3 Å².